The van der Waals surface area contributed by atoms with Crippen LogP contribution < -0.4 is 10.6 Å². The molecule has 0 bridgehead atoms. The lowest BCUT2D eigenvalue weighted by Crippen LogP contribution is -2.54. The van der Waals surface area contributed by atoms with Gasteiger partial charge in [0.15, 0.2) is 0 Å². The summed E-state index contributed by atoms with van der Waals surface area (Å²) in [7, 11) is -3.94. The van der Waals surface area contributed by atoms with Crippen LogP contribution in [0.15, 0.2) is 47.9 Å². The van der Waals surface area contributed by atoms with Gasteiger partial charge in [-0.15, -0.1) is 0 Å². The van der Waals surface area contributed by atoms with Crippen LogP contribution in [0.5, 0.6) is 0 Å². The number of halogens is 6. The molecule has 1 saturated heterocycles. The normalized spacial score (nSPS) is 16.1. The van der Waals surface area contributed by atoms with Crippen molar-refractivity contribution in [1.82, 2.24) is 24.1 Å². The molecule has 1 aliphatic heterocycles. The number of nitrogens with zero attached hydrogens (tertiary/aromatic N) is 6. The summed E-state index contributed by atoms with van der Waals surface area (Å²) >= 11 is 0. The van der Waals surface area contributed by atoms with E-state index in [1.165, 1.54) is 33.5 Å². The predicted molar refractivity (Wildman–Crippen MR) is 131 cm³/mol. The second kappa shape index (κ2) is 10.2. The first-order valence-electron chi connectivity index (χ1n) is 11.8. The molecule has 10 nitrogen and oxygen atoms in total. The van der Waals surface area contributed by atoms with Gasteiger partial charge >= 0.3 is 12.4 Å². The lowest BCUT2D eigenvalue weighted by molar-refractivity contribution is -0.376. The van der Waals surface area contributed by atoms with Crippen molar-refractivity contribution in [2.75, 3.05) is 36.8 Å². The summed E-state index contributed by atoms with van der Waals surface area (Å²) in [4.78, 5) is 9.16. The van der Waals surface area contributed by atoms with Crippen molar-refractivity contribution >= 4 is 21.7 Å². The zero-order valence-corrected chi connectivity index (χ0v) is 22.0. The zero-order valence-electron chi connectivity index (χ0n) is 21.1. The van der Waals surface area contributed by atoms with Crippen LogP contribution in [0.2, 0.25) is 0 Å². The van der Waals surface area contributed by atoms with Crippen LogP contribution in [0.4, 0.5) is 38.0 Å². The molecule has 0 atom stereocenters. The number of hydrogen-bond donors (Lipinski definition) is 2. The van der Waals surface area contributed by atoms with Crippen molar-refractivity contribution in [3.8, 4) is 11.1 Å². The lowest BCUT2D eigenvalue weighted by atomic mass is 9.91. The minimum absolute atomic E-state index is 0.00459. The molecule has 0 amide bonds. The van der Waals surface area contributed by atoms with Gasteiger partial charge < -0.3 is 15.7 Å². The molecule has 0 unspecified atom stereocenters. The summed E-state index contributed by atoms with van der Waals surface area (Å²) in [5.74, 6) is 0.138. The predicted octanol–water partition coefficient (Wildman–Crippen LogP) is 3.33. The Kier molecular flexibility index (Phi) is 7.53. The molecule has 0 saturated carbocycles. The minimum atomic E-state index is -6.09. The number of hydrogen-bond acceptors (Lipinski definition) is 8. The maximum atomic E-state index is 13.6. The fourth-order valence-electron chi connectivity index (χ4n) is 4.20. The average Bonchev–Trinajstić information content (AvgIpc) is 3.38. The van der Waals surface area contributed by atoms with Crippen LogP contribution in [-0.2, 0) is 15.6 Å². The maximum Gasteiger partial charge on any atom is 0.430 e. The van der Waals surface area contributed by atoms with E-state index >= 15 is 0 Å². The number of rotatable bonds is 6. The van der Waals surface area contributed by atoms with E-state index in [9.17, 15) is 39.9 Å². The van der Waals surface area contributed by atoms with E-state index in [1.54, 1.807) is 18.7 Å². The average molecular weight is 594 g/mol. The number of aliphatic hydroxyl groups is 1. The third kappa shape index (κ3) is 5.19. The summed E-state index contributed by atoms with van der Waals surface area (Å²) in [6.07, 6.45) is -8.04. The minimum Gasteiger partial charge on any atom is -0.384 e. The van der Waals surface area contributed by atoms with E-state index in [1.807, 2.05) is 0 Å². The number of pyridine rings is 2. The van der Waals surface area contributed by atoms with Gasteiger partial charge in [-0.1, -0.05) is 0 Å². The molecule has 1 fully saturated rings. The van der Waals surface area contributed by atoms with Crippen LogP contribution in [0.1, 0.15) is 25.5 Å². The molecule has 40 heavy (non-hydrogen) atoms. The highest BCUT2D eigenvalue weighted by molar-refractivity contribution is 7.89. The number of nitrogens with two attached hydrogens (primary N) is 1. The Hall–Kier alpha value is -3.44. The van der Waals surface area contributed by atoms with Gasteiger partial charge in [0.2, 0.25) is 10.0 Å². The number of anilines is 2. The molecular weight excluding hydrogens is 568 g/mol. The molecule has 0 aromatic carbocycles. The van der Waals surface area contributed by atoms with Gasteiger partial charge in [0.1, 0.15) is 16.5 Å². The molecule has 0 aliphatic carbocycles. The van der Waals surface area contributed by atoms with Gasteiger partial charge in [-0.25, -0.2) is 18.4 Å². The quantitative estimate of drug-likeness (QED) is 0.417. The number of nitrogen functional groups attached to an aromatic ring is 1. The van der Waals surface area contributed by atoms with Crippen LogP contribution >= 0.6 is 0 Å². The number of aromatic nitrogens is 4. The zero-order chi connectivity index (χ0) is 29.7. The first kappa shape index (κ1) is 29.5. The second-order valence-corrected chi connectivity index (χ2v) is 11.4. The molecule has 218 valence electrons. The van der Waals surface area contributed by atoms with Gasteiger partial charge in [-0.3, -0.25) is 4.68 Å². The number of alkyl halides is 6. The maximum absolute atomic E-state index is 13.6. The first-order valence-corrected chi connectivity index (χ1v) is 13.3. The van der Waals surface area contributed by atoms with Crippen LogP contribution in [0.25, 0.3) is 11.1 Å². The van der Waals surface area contributed by atoms with Crippen molar-refractivity contribution < 1.29 is 39.9 Å². The van der Waals surface area contributed by atoms with Gasteiger partial charge in [0, 0.05) is 67.5 Å². The van der Waals surface area contributed by atoms with Gasteiger partial charge in [0.05, 0.1) is 6.20 Å². The highest BCUT2D eigenvalue weighted by Gasteiger charge is 2.71. The largest absolute Gasteiger partial charge is 0.430 e. The van der Waals surface area contributed by atoms with Gasteiger partial charge in [0.25, 0.3) is 5.60 Å². The Morgan fingerprint density at radius 1 is 0.950 bits per heavy atom. The van der Waals surface area contributed by atoms with E-state index in [0.29, 0.717) is 12.3 Å². The van der Waals surface area contributed by atoms with Gasteiger partial charge in [-0.05, 0) is 32.0 Å². The highest BCUT2D eigenvalue weighted by atomic mass is 32.2. The summed E-state index contributed by atoms with van der Waals surface area (Å²) in [5, 5.41) is 14.1. The number of sulfonamides is 1. The van der Waals surface area contributed by atoms with Crippen molar-refractivity contribution in [1.29, 1.82) is 0 Å². The third-order valence-corrected chi connectivity index (χ3v) is 8.36. The van der Waals surface area contributed by atoms with Crippen LogP contribution in [0, 0.1) is 0 Å². The van der Waals surface area contributed by atoms with Crippen molar-refractivity contribution in [3.63, 3.8) is 0 Å². The monoisotopic (exact) mass is 593 g/mol. The van der Waals surface area contributed by atoms with Crippen molar-refractivity contribution in [2.45, 2.75) is 42.7 Å². The van der Waals surface area contributed by atoms with Crippen LogP contribution in [-0.4, -0.2) is 76.1 Å². The van der Waals surface area contributed by atoms with Gasteiger partial charge in [-0.2, -0.15) is 35.7 Å². The highest BCUT2D eigenvalue weighted by Crippen LogP contribution is 2.51. The third-order valence-electron chi connectivity index (χ3n) is 6.48. The molecule has 4 heterocycles. The molecule has 4 rings (SSSR count). The molecule has 17 heteroatoms. The fourth-order valence-corrected chi connectivity index (χ4v) is 5.57. The van der Waals surface area contributed by atoms with E-state index in [0.717, 1.165) is 6.20 Å². The first-order chi connectivity index (χ1) is 18.5. The Labute approximate surface area is 225 Å². The lowest BCUT2D eigenvalue weighted by Gasteiger charge is -2.36. The Balaban J connectivity index is 1.72. The van der Waals surface area contributed by atoms with E-state index in [-0.39, 0.29) is 59.9 Å². The molecule has 0 spiro atoms. The Morgan fingerprint density at radius 2 is 1.57 bits per heavy atom. The molecule has 3 N–H and O–H groups in total. The molecular formula is C23H25F6N7O3S. The Bertz CT molecular complexity index is 1450. The standard InChI is InChI=1S/C23H25F6N7O3S/c1-14(2)36-13-15(10-33-36)18-9-16(21(37,22(24,25)26)23(27,28)29)11-32-20(18)34-5-7-35(8-6-34)40(38,39)17-3-4-19(30)31-12-17/h3-4,9-14,37H,5-8H2,1-2H3,(H2,30,31). The molecule has 3 aromatic rings. The fraction of sp³-hybridized carbons (Fsp3) is 0.435. The summed E-state index contributed by atoms with van der Waals surface area (Å²) < 4.78 is 110. The van der Waals surface area contributed by atoms with E-state index < -0.39 is 33.5 Å². The molecule has 1 aliphatic rings. The summed E-state index contributed by atoms with van der Waals surface area (Å²) in [5.41, 5.74) is -1.15. The van der Waals surface area contributed by atoms with Crippen molar-refractivity contribution in [2.24, 2.45) is 0 Å². The van der Waals surface area contributed by atoms with Crippen LogP contribution in [0.3, 0.4) is 0 Å². The number of piperazine rings is 1. The SMILES string of the molecule is CC(C)n1cc(-c2cc(C(O)(C(F)(F)F)C(F)(F)F)cnc2N2CCN(S(=O)(=O)c3ccc(N)nc3)CC2)cn1. The molecule has 0 radical (unpaired) electrons. The van der Waals surface area contributed by atoms with E-state index in [4.69, 9.17) is 5.73 Å². The van der Waals surface area contributed by atoms with E-state index in [2.05, 4.69) is 15.1 Å². The summed E-state index contributed by atoms with van der Waals surface area (Å²) in [6, 6.07) is 3.05. The second-order valence-electron chi connectivity index (χ2n) is 9.41. The topological polar surface area (TPSA) is 130 Å². The Morgan fingerprint density at radius 3 is 2.08 bits per heavy atom. The molecule has 3 aromatic heterocycles. The smallest absolute Gasteiger partial charge is 0.384 e. The van der Waals surface area contributed by atoms with Crippen molar-refractivity contribution in [3.05, 3.63) is 48.5 Å². The summed E-state index contributed by atoms with van der Waals surface area (Å²) in [6.45, 7) is 3.46.